The van der Waals surface area contributed by atoms with Gasteiger partial charge in [-0.1, -0.05) is 24.3 Å². The lowest BCUT2D eigenvalue weighted by Crippen LogP contribution is -2.26. The predicted molar refractivity (Wildman–Crippen MR) is 64.3 cm³/mol. The average molecular weight is 229 g/mol. The van der Waals surface area contributed by atoms with Crippen molar-refractivity contribution in [3.8, 4) is 0 Å². The summed E-state index contributed by atoms with van der Waals surface area (Å²) in [6.07, 6.45) is 2.65. The molecule has 88 valence electrons. The van der Waals surface area contributed by atoms with E-state index in [9.17, 15) is 5.11 Å². The van der Waals surface area contributed by atoms with Crippen LogP contribution in [-0.4, -0.2) is 5.11 Å². The Morgan fingerprint density at radius 1 is 1.29 bits per heavy atom. The van der Waals surface area contributed by atoms with Crippen LogP contribution in [-0.2, 0) is 12.0 Å². The highest BCUT2D eigenvalue weighted by Gasteiger charge is 2.41. The van der Waals surface area contributed by atoms with Crippen LogP contribution in [0.1, 0.15) is 29.3 Å². The second kappa shape index (κ2) is 3.72. The van der Waals surface area contributed by atoms with E-state index < -0.39 is 5.60 Å². The lowest BCUT2D eigenvalue weighted by atomic mass is 9.91. The summed E-state index contributed by atoms with van der Waals surface area (Å²) in [4.78, 5) is 0. The zero-order chi connectivity index (χ0) is 11.9. The van der Waals surface area contributed by atoms with E-state index in [1.165, 1.54) is 0 Å². The number of furan rings is 1. The van der Waals surface area contributed by atoms with E-state index in [2.05, 4.69) is 0 Å². The molecule has 2 aromatic rings. The summed E-state index contributed by atoms with van der Waals surface area (Å²) in [7, 11) is 0. The summed E-state index contributed by atoms with van der Waals surface area (Å²) in [5.41, 5.74) is 7.14. The molecule has 1 aliphatic carbocycles. The van der Waals surface area contributed by atoms with Crippen molar-refractivity contribution in [3.63, 3.8) is 0 Å². The van der Waals surface area contributed by atoms with Crippen LogP contribution in [0.2, 0.25) is 0 Å². The van der Waals surface area contributed by atoms with E-state index in [-0.39, 0.29) is 6.04 Å². The number of nitrogens with two attached hydrogens (primary N) is 1. The van der Waals surface area contributed by atoms with Crippen LogP contribution in [0.3, 0.4) is 0 Å². The van der Waals surface area contributed by atoms with Crippen LogP contribution >= 0.6 is 0 Å². The molecule has 0 saturated heterocycles. The highest BCUT2D eigenvalue weighted by atomic mass is 16.3. The van der Waals surface area contributed by atoms with Crippen molar-refractivity contribution in [2.45, 2.75) is 24.5 Å². The third-order valence-electron chi connectivity index (χ3n) is 3.47. The molecule has 0 radical (unpaired) electrons. The quantitative estimate of drug-likeness (QED) is 0.829. The molecule has 0 fully saturated rings. The minimum Gasteiger partial charge on any atom is -0.469 e. The number of rotatable bonds is 2. The predicted octanol–water partition coefficient (Wildman–Crippen LogP) is 2.11. The molecular formula is C14H15NO2. The molecule has 2 unspecified atom stereocenters. The molecule has 0 saturated carbocycles. The van der Waals surface area contributed by atoms with E-state index in [1.54, 1.807) is 6.26 Å². The van der Waals surface area contributed by atoms with E-state index in [0.717, 1.165) is 16.9 Å². The van der Waals surface area contributed by atoms with Crippen molar-refractivity contribution in [1.29, 1.82) is 0 Å². The summed E-state index contributed by atoms with van der Waals surface area (Å²) >= 11 is 0. The topological polar surface area (TPSA) is 59.4 Å². The Morgan fingerprint density at radius 3 is 2.88 bits per heavy atom. The van der Waals surface area contributed by atoms with Crippen LogP contribution in [0.4, 0.5) is 0 Å². The van der Waals surface area contributed by atoms with Crippen molar-refractivity contribution in [2.75, 3.05) is 0 Å². The Morgan fingerprint density at radius 2 is 2.12 bits per heavy atom. The summed E-state index contributed by atoms with van der Waals surface area (Å²) in [5.74, 6) is 0.788. The standard InChI is InChI=1S/C14H15NO2/c15-13-9-14(16,8-10-4-3-7-17-10)12-6-2-1-5-11(12)13/h1-7,13,16H,8-9,15H2. The molecule has 1 aromatic carbocycles. The van der Waals surface area contributed by atoms with Gasteiger partial charge in [-0.3, -0.25) is 0 Å². The number of aliphatic hydroxyl groups is 1. The maximum atomic E-state index is 10.7. The maximum Gasteiger partial charge on any atom is 0.106 e. The fourth-order valence-corrected chi connectivity index (χ4v) is 2.70. The van der Waals surface area contributed by atoms with Crippen molar-refractivity contribution in [2.24, 2.45) is 5.73 Å². The molecule has 1 aliphatic rings. The third-order valence-corrected chi connectivity index (χ3v) is 3.47. The van der Waals surface area contributed by atoms with Crippen LogP contribution in [0.25, 0.3) is 0 Å². The van der Waals surface area contributed by atoms with Gasteiger partial charge in [0.15, 0.2) is 0 Å². The average Bonchev–Trinajstić information content (AvgIpc) is 2.89. The van der Waals surface area contributed by atoms with E-state index in [4.69, 9.17) is 10.2 Å². The lowest BCUT2D eigenvalue weighted by molar-refractivity contribution is 0.0292. The first kappa shape index (κ1) is 10.6. The van der Waals surface area contributed by atoms with Crippen molar-refractivity contribution >= 4 is 0 Å². The second-order valence-corrected chi connectivity index (χ2v) is 4.69. The molecule has 17 heavy (non-hydrogen) atoms. The van der Waals surface area contributed by atoms with Crippen molar-refractivity contribution < 1.29 is 9.52 Å². The fraction of sp³-hybridized carbons (Fsp3) is 0.286. The number of hydrogen-bond donors (Lipinski definition) is 2. The second-order valence-electron chi connectivity index (χ2n) is 4.69. The summed E-state index contributed by atoms with van der Waals surface area (Å²) in [5, 5.41) is 10.7. The molecule has 1 heterocycles. The molecular weight excluding hydrogens is 214 g/mol. The SMILES string of the molecule is NC1CC(O)(Cc2ccco2)c2ccccc21. The summed E-state index contributed by atoms with van der Waals surface area (Å²) in [6, 6.07) is 11.4. The van der Waals surface area contributed by atoms with E-state index >= 15 is 0 Å². The molecule has 0 amide bonds. The molecule has 0 spiro atoms. The zero-order valence-electron chi connectivity index (χ0n) is 9.47. The Bertz CT molecular complexity index is 521. The Hall–Kier alpha value is -1.58. The summed E-state index contributed by atoms with van der Waals surface area (Å²) in [6.45, 7) is 0. The van der Waals surface area contributed by atoms with Crippen LogP contribution < -0.4 is 5.73 Å². The Labute approximate surface area is 99.9 Å². The fourth-order valence-electron chi connectivity index (χ4n) is 2.70. The monoisotopic (exact) mass is 229 g/mol. The zero-order valence-corrected chi connectivity index (χ0v) is 9.47. The van der Waals surface area contributed by atoms with Crippen molar-refractivity contribution in [3.05, 3.63) is 59.5 Å². The number of hydrogen-bond acceptors (Lipinski definition) is 3. The molecule has 2 atom stereocenters. The highest BCUT2D eigenvalue weighted by molar-refractivity contribution is 5.40. The van der Waals surface area contributed by atoms with Gasteiger partial charge in [0.25, 0.3) is 0 Å². The number of fused-ring (bicyclic) bond motifs is 1. The van der Waals surface area contributed by atoms with Gasteiger partial charge in [-0.15, -0.1) is 0 Å². The largest absolute Gasteiger partial charge is 0.469 e. The minimum absolute atomic E-state index is 0.0915. The first-order valence-corrected chi connectivity index (χ1v) is 5.79. The lowest BCUT2D eigenvalue weighted by Gasteiger charge is -2.22. The molecule has 0 bridgehead atoms. The van der Waals surface area contributed by atoms with Gasteiger partial charge >= 0.3 is 0 Å². The van der Waals surface area contributed by atoms with Gasteiger partial charge in [-0.2, -0.15) is 0 Å². The van der Waals surface area contributed by atoms with E-state index in [1.807, 2.05) is 36.4 Å². The molecule has 1 aromatic heterocycles. The van der Waals surface area contributed by atoms with Crippen molar-refractivity contribution in [1.82, 2.24) is 0 Å². The summed E-state index contributed by atoms with van der Waals surface area (Å²) < 4.78 is 5.31. The Balaban J connectivity index is 1.99. The van der Waals surface area contributed by atoms with Gasteiger partial charge in [-0.05, 0) is 23.3 Å². The van der Waals surface area contributed by atoms with Crippen LogP contribution in [0.15, 0.2) is 47.1 Å². The third kappa shape index (κ3) is 1.68. The number of benzene rings is 1. The Kier molecular flexibility index (Phi) is 2.31. The molecule has 3 rings (SSSR count). The van der Waals surface area contributed by atoms with Gasteiger partial charge in [0.05, 0.1) is 11.9 Å². The van der Waals surface area contributed by atoms with Gasteiger partial charge in [-0.25, -0.2) is 0 Å². The van der Waals surface area contributed by atoms with Crippen LogP contribution in [0.5, 0.6) is 0 Å². The first-order valence-electron chi connectivity index (χ1n) is 5.79. The molecule has 3 nitrogen and oxygen atoms in total. The molecule has 3 heteroatoms. The molecule has 3 N–H and O–H groups in total. The minimum atomic E-state index is -0.895. The normalized spacial score (nSPS) is 27.1. The smallest absolute Gasteiger partial charge is 0.106 e. The van der Waals surface area contributed by atoms with Gasteiger partial charge in [0.1, 0.15) is 5.76 Å². The van der Waals surface area contributed by atoms with Gasteiger partial charge in [0.2, 0.25) is 0 Å². The first-order chi connectivity index (χ1) is 8.19. The van der Waals surface area contributed by atoms with E-state index in [0.29, 0.717) is 12.8 Å². The van der Waals surface area contributed by atoms with Crippen LogP contribution in [0, 0.1) is 0 Å². The maximum absolute atomic E-state index is 10.7. The van der Waals surface area contributed by atoms with Gasteiger partial charge in [0, 0.05) is 18.9 Å². The molecule has 0 aliphatic heterocycles. The highest BCUT2D eigenvalue weighted by Crippen LogP contribution is 2.43. The van der Waals surface area contributed by atoms with Gasteiger partial charge < -0.3 is 15.3 Å².